The Labute approximate surface area is 102 Å². The number of para-hydroxylation sites is 1. The van der Waals surface area contributed by atoms with Crippen molar-refractivity contribution in [2.45, 2.75) is 12.6 Å². The highest BCUT2D eigenvalue weighted by Crippen LogP contribution is 2.20. The highest BCUT2D eigenvalue weighted by atomic mass is 16.5. The second-order valence-corrected chi connectivity index (χ2v) is 4.13. The molecule has 4 nitrogen and oxygen atoms in total. The summed E-state index contributed by atoms with van der Waals surface area (Å²) in [5.74, 6) is 0.891. The lowest BCUT2D eigenvalue weighted by Gasteiger charge is -2.32. The number of hydrogen-bond acceptors (Lipinski definition) is 4. The second kappa shape index (κ2) is 5.67. The minimum Gasteiger partial charge on any atom is -0.496 e. The molecule has 0 aromatic heterocycles. The van der Waals surface area contributed by atoms with Crippen LogP contribution in [-0.4, -0.2) is 37.7 Å². The molecule has 0 aliphatic carbocycles. The lowest BCUT2D eigenvalue weighted by Crippen LogP contribution is -2.50. The predicted octanol–water partition coefficient (Wildman–Crippen LogP) is 0.993. The number of piperazine rings is 1. The summed E-state index contributed by atoms with van der Waals surface area (Å²) in [5, 5.41) is 12.3. The molecule has 1 N–H and O–H groups in total. The molecule has 2 rings (SSSR count). The topological polar surface area (TPSA) is 48.3 Å². The normalized spacial score (nSPS) is 20.8. The van der Waals surface area contributed by atoms with Crippen LogP contribution in [0.15, 0.2) is 24.3 Å². The van der Waals surface area contributed by atoms with E-state index in [0.717, 1.165) is 37.5 Å². The predicted molar refractivity (Wildman–Crippen MR) is 65.7 cm³/mol. The van der Waals surface area contributed by atoms with E-state index in [1.807, 2.05) is 18.2 Å². The number of nitrogens with zero attached hydrogens (tertiary/aromatic N) is 2. The summed E-state index contributed by atoms with van der Waals surface area (Å²) in [6, 6.07) is 10.3. The molecule has 1 aromatic carbocycles. The Kier molecular flexibility index (Phi) is 3.97. The molecule has 1 saturated heterocycles. The molecule has 0 bridgehead atoms. The van der Waals surface area contributed by atoms with Gasteiger partial charge in [-0.2, -0.15) is 5.26 Å². The number of nitriles is 1. The van der Waals surface area contributed by atoms with Crippen LogP contribution in [0.3, 0.4) is 0 Å². The third-order valence-corrected chi connectivity index (χ3v) is 3.07. The van der Waals surface area contributed by atoms with E-state index in [1.54, 1.807) is 7.11 Å². The zero-order valence-corrected chi connectivity index (χ0v) is 10.0. The van der Waals surface area contributed by atoms with Crippen LogP contribution in [0.2, 0.25) is 0 Å². The van der Waals surface area contributed by atoms with Gasteiger partial charge in [0.1, 0.15) is 11.8 Å². The molecule has 1 heterocycles. The van der Waals surface area contributed by atoms with Crippen molar-refractivity contribution in [3.05, 3.63) is 29.8 Å². The van der Waals surface area contributed by atoms with Crippen LogP contribution in [0, 0.1) is 11.3 Å². The molecule has 1 fully saturated rings. The largest absolute Gasteiger partial charge is 0.496 e. The third kappa shape index (κ3) is 2.76. The lowest BCUT2D eigenvalue weighted by molar-refractivity contribution is 0.187. The maximum absolute atomic E-state index is 9.10. The summed E-state index contributed by atoms with van der Waals surface area (Å²) in [6.45, 7) is 3.35. The van der Waals surface area contributed by atoms with E-state index >= 15 is 0 Å². The fourth-order valence-electron chi connectivity index (χ4n) is 2.12. The maximum Gasteiger partial charge on any atom is 0.123 e. The van der Waals surface area contributed by atoms with Crippen molar-refractivity contribution in [2.75, 3.05) is 26.7 Å². The van der Waals surface area contributed by atoms with Crippen molar-refractivity contribution < 1.29 is 4.74 Å². The van der Waals surface area contributed by atoms with Crippen LogP contribution in [0.1, 0.15) is 5.56 Å². The SMILES string of the molecule is COc1ccccc1CN1CCNCC1C#N. The fourth-order valence-corrected chi connectivity index (χ4v) is 2.12. The molecule has 90 valence electrons. The molecule has 0 amide bonds. The van der Waals surface area contributed by atoms with Gasteiger partial charge in [0.15, 0.2) is 0 Å². The van der Waals surface area contributed by atoms with E-state index in [9.17, 15) is 0 Å². The van der Waals surface area contributed by atoms with Crippen molar-refractivity contribution in [1.82, 2.24) is 10.2 Å². The summed E-state index contributed by atoms with van der Waals surface area (Å²) in [5.41, 5.74) is 1.14. The molecule has 1 atom stereocenters. The maximum atomic E-state index is 9.10. The Morgan fingerprint density at radius 2 is 2.35 bits per heavy atom. The van der Waals surface area contributed by atoms with Crippen molar-refractivity contribution in [2.24, 2.45) is 0 Å². The van der Waals surface area contributed by atoms with Gasteiger partial charge in [-0.05, 0) is 6.07 Å². The number of benzene rings is 1. The minimum absolute atomic E-state index is 0.0475. The average molecular weight is 231 g/mol. The quantitative estimate of drug-likeness (QED) is 0.843. The Morgan fingerprint density at radius 3 is 3.12 bits per heavy atom. The number of rotatable bonds is 3. The molecule has 1 aliphatic heterocycles. The molecular formula is C13H17N3O. The summed E-state index contributed by atoms with van der Waals surface area (Å²) >= 11 is 0. The molecule has 1 unspecified atom stereocenters. The molecule has 4 heteroatoms. The van der Waals surface area contributed by atoms with Gasteiger partial charge in [0.05, 0.1) is 13.2 Å². The van der Waals surface area contributed by atoms with E-state index in [4.69, 9.17) is 10.00 Å². The first-order valence-electron chi connectivity index (χ1n) is 5.81. The lowest BCUT2D eigenvalue weighted by atomic mass is 10.1. The number of nitrogens with one attached hydrogen (secondary N) is 1. The van der Waals surface area contributed by atoms with Crippen molar-refractivity contribution in [3.8, 4) is 11.8 Å². The summed E-state index contributed by atoms with van der Waals surface area (Å²) in [6.07, 6.45) is 0. The van der Waals surface area contributed by atoms with E-state index in [0.29, 0.717) is 0 Å². The van der Waals surface area contributed by atoms with E-state index in [-0.39, 0.29) is 6.04 Å². The summed E-state index contributed by atoms with van der Waals surface area (Å²) in [4.78, 5) is 2.19. The second-order valence-electron chi connectivity index (χ2n) is 4.13. The smallest absolute Gasteiger partial charge is 0.123 e. The molecule has 0 radical (unpaired) electrons. The van der Waals surface area contributed by atoms with Gasteiger partial charge in [0.25, 0.3) is 0 Å². The van der Waals surface area contributed by atoms with Crippen LogP contribution in [0.25, 0.3) is 0 Å². The molecule has 0 saturated carbocycles. The van der Waals surface area contributed by atoms with Gasteiger partial charge >= 0.3 is 0 Å². The standard InChI is InChI=1S/C13H17N3O/c1-17-13-5-3-2-4-11(13)10-16-7-6-15-9-12(16)8-14/h2-5,12,15H,6-7,9-10H2,1H3. The van der Waals surface area contributed by atoms with Crippen LogP contribution in [0.5, 0.6) is 5.75 Å². The van der Waals surface area contributed by atoms with Crippen LogP contribution in [-0.2, 0) is 6.54 Å². The Hall–Kier alpha value is -1.57. The Balaban J connectivity index is 2.11. The van der Waals surface area contributed by atoms with Crippen LogP contribution < -0.4 is 10.1 Å². The van der Waals surface area contributed by atoms with Crippen LogP contribution in [0.4, 0.5) is 0 Å². The summed E-state index contributed by atoms with van der Waals surface area (Å²) < 4.78 is 5.33. The van der Waals surface area contributed by atoms with Gasteiger partial charge in [-0.15, -0.1) is 0 Å². The zero-order chi connectivity index (χ0) is 12.1. The Bertz CT molecular complexity index is 413. The first-order chi connectivity index (χ1) is 8.35. The van der Waals surface area contributed by atoms with Gasteiger partial charge in [-0.25, -0.2) is 0 Å². The third-order valence-electron chi connectivity index (χ3n) is 3.07. The summed E-state index contributed by atoms with van der Waals surface area (Å²) in [7, 11) is 1.68. The molecule has 0 spiro atoms. The van der Waals surface area contributed by atoms with Crippen molar-refractivity contribution >= 4 is 0 Å². The number of hydrogen-bond donors (Lipinski definition) is 1. The fraction of sp³-hybridized carbons (Fsp3) is 0.462. The molecular weight excluding hydrogens is 214 g/mol. The number of methoxy groups -OCH3 is 1. The van der Waals surface area contributed by atoms with Gasteiger partial charge in [0.2, 0.25) is 0 Å². The van der Waals surface area contributed by atoms with E-state index in [2.05, 4.69) is 22.4 Å². The number of ether oxygens (including phenoxy) is 1. The average Bonchev–Trinajstić information content (AvgIpc) is 2.40. The van der Waals surface area contributed by atoms with E-state index < -0.39 is 0 Å². The van der Waals surface area contributed by atoms with Gasteiger partial charge in [-0.3, -0.25) is 4.90 Å². The van der Waals surface area contributed by atoms with Gasteiger partial charge < -0.3 is 10.1 Å². The Morgan fingerprint density at radius 1 is 1.53 bits per heavy atom. The van der Waals surface area contributed by atoms with Crippen molar-refractivity contribution in [1.29, 1.82) is 5.26 Å². The molecule has 1 aliphatic rings. The minimum atomic E-state index is -0.0475. The first kappa shape index (κ1) is 11.9. The first-order valence-corrected chi connectivity index (χ1v) is 5.81. The van der Waals surface area contributed by atoms with E-state index in [1.165, 1.54) is 0 Å². The van der Waals surface area contributed by atoms with Crippen LogP contribution >= 0.6 is 0 Å². The van der Waals surface area contributed by atoms with Gasteiger partial charge in [-0.1, -0.05) is 18.2 Å². The monoisotopic (exact) mass is 231 g/mol. The highest BCUT2D eigenvalue weighted by molar-refractivity contribution is 5.33. The highest BCUT2D eigenvalue weighted by Gasteiger charge is 2.22. The van der Waals surface area contributed by atoms with Crippen molar-refractivity contribution in [3.63, 3.8) is 0 Å². The molecule has 1 aromatic rings. The van der Waals surface area contributed by atoms with Gasteiger partial charge in [0, 0.05) is 31.7 Å². The zero-order valence-electron chi connectivity index (χ0n) is 10.0. The molecule has 17 heavy (non-hydrogen) atoms.